The van der Waals surface area contributed by atoms with E-state index in [9.17, 15) is 31.9 Å². The van der Waals surface area contributed by atoms with Gasteiger partial charge >= 0.3 is 0 Å². The summed E-state index contributed by atoms with van der Waals surface area (Å²) in [7, 11) is 0. The van der Waals surface area contributed by atoms with Gasteiger partial charge in [-0.05, 0) is 61.0 Å². The van der Waals surface area contributed by atoms with E-state index in [4.69, 9.17) is 11.6 Å². The lowest BCUT2D eigenvalue weighted by Crippen LogP contribution is -2.30. The van der Waals surface area contributed by atoms with Crippen molar-refractivity contribution in [3.63, 3.8) is 0 Å². The fourth-order valence-corrected chi connectivity index (χ4v) is 4.73. The molecule has 4 rings (SSSR count). The van der Waals surface area contributed by atoms with Gasteiger partial charge in [-0.25, -0.2) is 17.6 Å². The predicted molar refractivity (Wildman–Crippen MR) is 159 cm³/mol. The monoisotopic (exact) mass is 627 g/mol. The zero-order valence-electron chi connectivity index (χ0n) is 22.3. The van der Waals surface area contributed by atoms with E-state index in [0.717, 1.165) is 11.8 Å². The molecule has 0 heterocycles. The first-order valence-electron chi connectivity index (χ1n) is 12.6. The van der Waals surface area contributed by atoms with Gasteiger partial charge in [-0.1, -0.05) is 48.0 Å². The van der Waals surface area contributed by atoms with Crippen LogP contribution >= 0.6 is 23.4 Å². The van der Waals surface area contributed by atoms with E-state index >= 15 is 0 Å². The molecule has 1 atom stereocenters. The Kier molecular flexibility index (Phi) is 10.2. The molecule has 4 aromatic rings. The van der Waals surface area contributed by atoms with Crippen LogP contribution < -0.4 is 16.0 Å². The summed E-state index contributed by atoms with van der Waals surface area (Å²) in [4.78, 5) is 39.2. The molecule has 0 bridgehead atoms. The number of hydrogen-bond donors (Lipinski definition) is 3. The maximum Gasteiger partial charge on any atom is 0.272 e. The van der Waals surface area contributed by atoms with Crippen molar-refractivity contribution in [2.45, 2.75) is 17.1 Å². The molecule has 43 heavy (non-hydrogen) atoms. The van der Waals surface area contributed by atoms with Gasteiger partial charge in [0.05, 0.1) is 5.25 Å². The smallest absolute Gasteiger partial charge is 0.272 e. The minimum atomic E-state index is -1.73. The van der Waals surface area contributed by atoms with Gasteiger partial charge in [0.15, 0.2) is 23.3 Å². The molecule has 0 aliphatic heterocycles. The summed E-state index contributed by atoms with van der Waals surface area (Å²) in [5.74, 6) is -8.83. The molecule has 3 amide bonds. The van der Waals surface area contributed by atoms with Crippen LogP contribution in [0.25, 0.3) is 6.08 Å². The maximum absolute atomic E-state index is 14.0. The highest BCUT2D eigenvalue weighted by Gasteiger charge is 2.24. The zero-order chi connectivity index (χ0) is 31.1. The van der Waals surface area contributed by atoms with Gasteiger partial charge in [0.25, 0.3) is 11.8 Å². The number of hydrogen-bond acceptors (Lipinski definition) is 4. The first kappa shape index (κ1) is 31.3. The fraction of sp³-hybridized carbons (Fsp3) is 0.0645. The van der Waals surface area contributed by atoms with Gasteiger partial charge < -0.3 is 16.0 Å². The van der Waals surface area contributed by atoms with Crippen LogP contribution in [0.5, 0.6) is 0 Å². The van der Waals surface area contributed by atoms with E-state index in [-0.39, 0.29) is 11.8 Å². The van der Waals surface area contributed by atoms with Crippen LogP contribution in [0.3, 0.4) is 0 Å². The van der Waals surface area contributed by atoms with Gasteiger partial charge in [0, 0.05) is 27.2 Å². The second-order valence-corrected chi connectivity index (χ2v) is 10.9. The highest BCUT2D eigenvalue weighted by Crippen LogP contribution is 2.29. The van der Waals surface area contributed by atoms with Gasteiger partial charge in [0.2, 0.25) is 5.91 Å². The van der Waals surface area contributed by atoms with Gasteiger partial charge in [-0.15, -0.1) is 11.8 Å². The molecule has 0 aromatic heterocycles. The highest BCUT2D eigenvalue weighted by molar-refractivity contribution is 8.00. The number of halogens is 5. The first-order chi connectivity index (χ1) is 20.5. The number of nitrogens with one attached hydrogen (secondary N) is 3. The van der Waals surface area contributed by atoms with Gasteiger partial charge in [-0.3, -0.25) is 14.4 Å². The molecule has 0 aliphatic rings. The summed E-state index contributed by atoms with van der Waals surface area (Å²) < 4.78 is 55.0. The van der Waals surface area contributed by atoms with Crippen LogP contribution in [-0.2, 0) is 9.59 Å². The Morgan fingerprint density at radius 3 is 2.12 bits per heavy atom. The van der Waals surface area contributed by atoms with E-state index in [0.29, 0.717) is 26.7 Å². The second kappa shape index (κ2) is 14.0. The Hall–Kier alpha value is -4.61. The van der Waals surface area contributed by atoms with Gasteiger partial charge in [0.1, 0.15) is 11.4 Å². The topological polar surface area (TPSA) is 87.3 Å². The van der Waals surface area contributed by atoms with Crippen LogP contribution in [-0.4, -0.2) is 23.0 Å². The van der Waals surface area contributed by atoms with E-state index in [2.05, 4.69) is 10.6 Å². The molecule has 0 saturated carbocycles. The summed E-state index contributed by atoms with van der Waals surface area (Å²) in [5, 5.41) is 6.73. The molecule has 1 unspecified atom stereocenters. The summed E-state index contributed by atoms with van der Waals surface area (Å²) >= 11 is 6.92. The molecule has 0 aliphatic carbocycles. The molecular weight excluding hydrogens is 606 g/mol. The summed E-state index contributed by atoms with van der Waals surface area (Å²) in [6, 6.07) is 21.3. The molecule has 0 spiro atoms. The average Bonchev–Trinajstić information content (AvgIpc) is 2.99. The lowest BCUT2D eigenvalue weighted by atomic mass is 10.1. The molecule has 0 saturated heterocycles. The minimum Gasteiger partial charge on any atom is -0.321 e. The Bertz CT molecular complexity index is 1680. The number of rotatable bonds is 9. The fourth-order valence-electron chi connectivity index (χ4n) is 3.68. The Morgan fingerprint density at radius 2 is 1.47 bits per heavy atom. The number of benzene rings is 4. The number of anilines is 2. The Balaban J connectivity index is 1.49. The standard InChI is InChI=1S/C31H22ClF4N3O3S/c1-17(29(40)39-28-26(35)23(33)16-24(34)27(28)36)43-22-9-5-8-21(15-22)37-31(42)25(14-18-10-12-20(32)13-11-18)38-30(41)19-6-3-2-4-7-19/h2-17H,1H3,(H,37,42)(H,38,41)(H,39,40)/b25-14+. The highest BCUT2D eigenvalue weighted by atomic mass is 35.5. The zero-order valence-corrected chi connectivity index (χ0v) is 23.8. The van der Waals surface area contributed by atoms with Crippen LogP contribution in [0, 0.1) is 23.3 Å². The third-order valence-corrected chi connectivity index (χ3v) is 7.19. The van der Waals surface area contributed by atoms with Crippen molar-refractivity contribution in [3.05, 3.63) is 130 Å². The van der Waals surface area contributed by atoms with Gasteiger partial charge in [-0.2, -0.15) is 0 Å². The summed E-state index contributed by atoms with van der Waals surface area (Å²) in [5.41, 5.74) is -0.0495. The Labute approximate surface area is 253 Å². The summed E-state index contributed by atoms with van der Waals surface area (Å²) in [6.07, 6.45) is 1.48. The number of amides is 3. The van der Waals surface area contributed by atoms with Crippen LogP contribution in [0.15, 0.2) is 95.5 Å². The van der Waals surface area contributed by atoms with Crippen LogP contribution in [0.2, 0.25) is 5.02 Å². The predicted octanol–water partition coefficient (Wildman–Crippen LogP) is 7.43. The van der Waals surface area contributed by atoms with Crippen LogP contribution in [0.1, 0.15) is 22.8 Å². The molecule has 3 N–H and O–H groups in total. The first-order valence-corrected chi connectivity index (χ1v) is 13.8. The van der Waals surface area contributed by atoms with Crippen molar-refractivity contribution in [2.24, 2.45) is 0 Å². The Morgan fingerprint density at radius 1 is 0.814 bits per heavy atom. The van der Waals surface area contributed by atoms with Crippen LogP contribution in [0.4, 0.5) is 28.9 Å². The van der Waals surface area contributed by atoms with Crippen molar-refractivity contribution in [1.29, 1.82) is 0 Å². The third kappa shape index (κ3) is 8.24. The number of carbonyl (C=O) groups is 3. The van der Waals surface area contributed by atoms with Crippen molar-refractivity contribution in [3.8, 4) is 0 Å². The molecule has 4 aromatic carbocycles. The maximum atomic E-state index is 14.0. The van der Waals surface area contributed by atoms with E-state index in [1.165, 1.54) is 19.1 Å². The largest absolute Gasteiger partial charge is 0.321 e. The summed E-state index contributed by atoms with van der Waals surface area (Å²) in [6.45, 7) is 1.42. The van der Waals surface area contributed by atoms with Crippen molar-refractivity contribution in [1.82, 2.24) is 5.32 Å². The third-order valence-electron chi connectivity index (χ3n) is 5.84. The average molecular weight is 628 g/mol. The lowest BCUT2D eigenvalue weighted by Gasteiger charge is -2.15. The van der Waals surface area contributed by atoms with Crippen molar-refractivity contribution < 1.29 is 31.9 Å². The molecule has 0 radical (unpaired) electrons. The van der Waals surface area contributed by atoms with E-state index < -0.39 is 51.9 Å². The van der Waals surface area contributed by atoms with E-state index in [1.807, 2.05) is 5.32 Å². The normalized spacial score (nSPS) is 11.9. The van der Waals surface area contributed by atoms with Crippen molar-refractivity contribution >= 4 is 58.5 Å². The lowest BCUT2D eigenvalue weighted by molar-refractivity contribution is -0.115. The minimum absolute atomic E-state index is 0.0431. The quantitative estimate of drug-likeness (QED) is 0.0780. The molecule has 6 nitrogen and oxygen atoms in total. The number of carbonyl (C=O) groups excluding carboxylic acids is 3. The van der Waals surface area contributed by atoms with E-state index in [1.54, 1.807) is 72.8 Å². The molecule has 12 heteroatoms. The molecule has 0 fully saturated rings. The van der Waals surface area contributed by atoms with Crippen molar-refractivity contribution in [2.75, 3.05) is 10.6 Å². The second-order valence-electron chi connectivity index (χ2n) is 9.00. The molecular formula is C31H22ClF4N3O3S. The molecule has 220 valence electrons. The number of thioether (sulfide) groups is 1. The SMILES string of the molecule is CC(Sc1cccc(NC(=O)/C(=C\c2ccc(Cl)cc2)NC(=O)c2ccccc2)c1)C(=O)Nc1c(F)c(F)cc(F)c1F.